The van der Waals surface area contributed by atoms with Crippen LogP contribution in [0.25, 0.3) is 0 Å². The lowest BCUT2D eigenvalue weighted by Crippen LogP contribution is -2.37. The smallest absolute Gasteiger partial charge is 0.321 e. The second kappa shape index (κ2) is 6.46. The van der Waals surface area contributed by atoms with E-state index in [1.165, 1.54) is 15.6 Å². The Morgan fingerprint density at radius 2 is 2.25 bits per heavy atom. The fourth-order valence-corrected chi connectivity index (χ4v) is 4.03. The van der Waals surface area contributed by atoms with Crippen molar-refractivity contribution >= 4 is 32.5 Å². The van der Waals surface area contributed by atoms with Gasteiger partial charge in [0, 0.05) is 19.6 Å². The summed E-state index contributed by atoms with van der Waals surface area (Å²) in [5.41, 5.74) is 0. The maximum atomic E-state index is 11.6. The number of hydrogen-bond acceptors (Lipinski definition) is 6. The molecule has 1 saturated heterocycles. The molecule has 0 aromatic carbocycles. The number of aromatic nitrogens is 2. The Balaban J connectivity index is 1.73. The van der Waals surface area contributed by atoms with Crippen molar-refractivity contribution < 1.29 is 13.2 Å². The SMILES string of the molecule is CCc1nnc(NC(=O)NCCN2CCCS2(=O)=O)s1. The Hall–Kier alpha value is -1.26. The van der Waals surface area contributed by atoms with Gasteiger partial charge in [-0.3, -0.25) is 5.32 Å². The van der Waals surface area contributed by atoms with E-state index in [-0.39, 0.29) is 12.3 Å². The largest absolute Gasteiger partial charge is 0.336 e. The molecule has 1 fully saturated rings. The number of sulfonamides is 1. The molecule has 1 aliphatic rings. The lowest BCUT2D eigenvalue weighted by atomic mass is 10.5. The zero-order valence-corrected chi connectivity index (χ0v) is 12.8. The highest BCUT2D eigenvalue weighted by atomic mass is 32.2. The van der Waals surface area contributed by atoms with Crippen molar-refractivity contribution in [3.05, 3.63) is 5.01 Å². The van der Waals surface area contributed by atoms with Gasteiger partial charge in [-0.25, -0.2) is 17.5 Å². The third-order valence-corrected chi connectivity index (χ3v) is 5.78. The number of carbonyl (C=O) groups is 1. The quantitative estimate of drug-likeness (QED) is 0.810. The third kappa shape index (κ3) is 3.87. The van der Waals surface area contributed by atoms with E-state index in [1.807, 2.05) is 6.92 Å². The molecule has 1 aromatic heterocycles. The van der Waals surface area contributed by atoms with Crippen LogP contribution in [0.5, 0.6) is 0 Å². The predicted molar refractivity (Wildman–Crippen MR) is 76.3 cm³/mol. The maximum absolute atomic E-state index is 11.6. The lowest BCUT2D eigenvalue weighted by Gasteiger charge is -2.14. The molecule has 0 spiro atoms. The molecule has 2 amide bonds. The minimum absolute atomic E-state index is 0.198. The summed E-state index contributed by atoms with van der Waals surface area (Å²) in [5, 5.41) is 14.2. The molecule has 0 bridgehead atoms. The molecular formula is C10H17N5O3S2. The van der Waals surface area contributed by atoms with Crippen molar-refractivity contribution in [1.82, 2.24) is 19.8 Å². The van der Waals surface area contributed by atoms with Gasteiger partial charge in [0.25, 0.3) is 0 Å². The van der Waals surface area contributed by atoms with Crippen molar-refractivity contribution in [3.8, 4) is 0 Å². The number of anilines is 1. The monoisotopic (exact) mass is 319 g/mol. The molecule has 2 N–H and O–H groups in total. The number of rotatable bonds is 5. The first-order valence-electron chi connectivity index (χ1n) is 6.36. The van der Waals surface area contributed by atoms with Crippen LogP contribution < -0.4 is 10.6 Å². The first-order valence-corrected chi connectivity index (χ1v) is 8.79. The second-order valence-electron chi connectivity index (χ2n) is 4.30. The summed E-state index contributed by atoms with van der Waals surface area (Å²) in [5.74, 6) is 0.198. The van der Waals surface area contributed by atoms with Gasteiger partial charge < -0.3 is 5.32 Å². The topological polar surface area (TPSA) is 104 Å². The van der Waals surface area contributed by atoms with Gasteiger partial charge in [-0.1, -0.05) is 18.3 Å². The van der Waals surface area contributed by atoms with Crippen LogP contribution in [0, 0.1) is 0 Å². The van der Waals surface area contributed by atoms with Crippen molar-refractivity contribution in [2.24, 2.45) is 0 Å². The summed E-state index contributed by atoms with van der Waals surface area (Å²) in [6.45, 7) is 3.05. The minimum Gasteiger partial charge on any atom is -0.336 e. The van der Waals surface area contributed by atoms with Crippen LogP contribution in [0.15, 0.2) is 0 Å². The number of carbonyl (C=O) groups excluding carboxylic acids is 1. The third-order valence-electron chi connectivity index (χ3n) is 2.84. The molecule has 112 valence electrons. The van der Waals surface area contributed by atoms with Crippen LogP contribution >= 0.6 is 11.3 Å². The summed E-state index contributed by atoms with van der Waals surface area (Å²) in [7, 11) is -3.10. The van der Waals surface area contributed by atoms with E-state index in [9.17, 15) is 13.2 Å². The van der Waals surface area contributed by atoms with Crippen molar-refractivity contribution in [1.29, 1.82) is 0 Å². The van der Waals surface area contributed by atoms with Crippen LogP contribution in [-0.2, 0) is 16.4 Å². The molecule has 2 rings (SSSR count). The van der Waals surface area contributed by atoms with Crippen LogP contribution in [0.1, 0.15) is 18.4 Å². The summed E-state index contributed by atoms with van der Waals surface area (Å²) < 4.78 is 24.5. The summed E-state index contributed by atoms with van der Waals surface area (Å²) in [6, 6.07) is -0.402. The van der Waals surface area contributed by atoms with Gasteiger partial charge in [0.15, 0.2) is 0 Å². The molecule has 0 aliphatic carbocycles. The van der Waals surface area contributed by atoms with Crippen LogP contribution in [0.2, 0.25) is 0 Å². The highest BCUT2D eigenvalue weighted by Gasteiger charge is 2.27. The first-order chi connectivity index (χ1) is 9.51. The summed E-state index contributed by atoms with van der Waals surface area (Å²) in [4.78, 5) is 11.6. The first kappa shape index (κ1) is 15.1. The molecule has 20 heavy (non-hydrogen) atoms. The Bertz CT molecular complexity index is 571. The number of hydrogen-bond donors (Lipinski definition) is 2. The van der Waals surface area contributed by atoms with E-state index in [2.05, 4.69) is 20.8 Å². The van der Waals surface area contributed by atoms with Gasteiger partial charge >= 0.3 is 6.03 Å². The molecule has 0 saturated carbocycles. The van der Waals surface area contributed by atoms with Gasteiger partial charge in [0.2, 0.25) is 15.2 Å². The minimum atomic E-state index is -3.10. The van der Waals surface area contributed by atoms with E-state index in [0.29, 0.717) is 24.6 Å². The van der Waals surface area contributed by atoms with Crippen molar-refractivity contribution in [3.63, 3.8) is 0 Å². The molecule has 1 aromatic rings. The zero-order chi connectivity index (χ0) is 14.6. The van der Waals surface area contributed by atoms with Gasteiger partial charge in [-0.15, -0.1) is 10.2 Å². The Morgan fingerprint density at radius 3 is 2.85 bits per heavy atom. The van der Waals surface area contributed by atoms with Crippen LogP contribution in [-0.4, -0.2) is 54.3 Å². The van der Waals surface area contributed by atoms with E-state index in [0.717, 1.165) is 11.4 Å². The Labute approximate surface area is 121 Å². The molecule has 8 nitrogen and oxygen atoms in total. The van der Waals surface area contributed by atoms with Crippen LogP contribution in [0.4, 0.5) is 9.93 Å². The van der Waals surface area contributed by atoms with Crippen molar-refractivity contribution in [2.45, 2.75) is 19.8 Å². The van der Waals surface area contributed by atoms with Gasteiger partial charge in [-0.2, -0.15) is 0 Å². The summed E-state index contributed by atoms with van der Waals surface area (Å²) in [6.07, 6.45) is 1.42. The molecule has 1 aliphatic heterocycles. The average molecular weight is 319 g/mol. The predicted octanol–water partition coefficient (Wildman–Crippen LogP) is 0.257. The lowest BCUT2D eigenvalue weighted by molar-refractivity contribution is 0.251. The Morgan fingerprint density at radius 1 is 1.45 bits per heavy atom. The van der Waals surface area contributed by atoms with Crippen molar-refractivity contribution in [2.75, 3.05) is 30.7 Å². The van der Waals surface area contributed by atoms with Gasteiger partial charge in [-0.05, 0) is 12.8 Å². The fraction of sp³-hybridized carbons (Fsp3) is 0.700. The maximum Gasteiger partial charge on any atom is 0.321 e. The highest BCUT2D eigenvalue weighted by Crippen LogP contribution is 2.15. The number of nitrogens with one attached hydrogen (secondary N) is 2. The Kier molecular flexibility index (Phi) is 4.89. The average Bonchev–Trinajstić information content (AvgIpc) is 2.96. The molecule has 0 unspecified atom stereocenters. The van der Waals surface area contributed by atoms with Crippen LogP contribution in [0.3, 0.4) is 0 Å². The number of aryl methyl sites for hydroxylation is 1. The van der Waals surface area contributed by atoms with E-state index >= 15 is 0 Å². The highest BCUT2D eigenvalue weighted by molar-refractivity contribution is 7.89. The van der Waals surface area contributed by atoms with E-state index in [1.54, 1.807) is 0 Å². The number of urea groups is 1. The second-order valence-corrected chi connectivity index (χ2v) is 7.45. The molecule has 0 atom stereocenters. The normalized spacial score (nSPS) is 18.1. The van der Waals surface area contributed by atoms with Gasteiger partial charge in [0.05, 0.1) is 5.75 Å². The van der Waals surface area contributed by atoms with E-state index < -0.39 is 16.1 Å². The molecular weight excluding hydrogens is 302 g/mol. The number of amides is 2. The molecule has 10 heteroatoms. The van der Waals surface area contributed by atoms with E-state index in [4.69, 9.17) is 0 Å². The standard InChI is InChI=1S/C10H17N5O3S2/c1-2-8-13-14-10(19-8)12-9(16)11-4-6-15-5-3-7-20(15,17)18/h2-7H2,1H3,(H2,11,12,14,16). The number of nitrogens with zero attached hydrogens (tertiary/aromatic N) is 3. The fourth-order valence-electron chi connectivity index (χ4n) is 1.82. The molecule has 0 radical (unpaired) electrons. The summed E-state index contributed by atoms with van der Waals surface area (Å²) >= 11 is 1.32. The molecule has 2 heterocycles. The van der Waals surface area contributed by atoms with Gasteiger partial charge in [0.1, 0.15) is 5.01 Å². The zero-order valence-electron chi connectivity index (χ0n) is 11.1.